The maximum absolute atomic E-state index is 14.2. The molecule has 5 rings (SSSR count). The Kier molecular flexibility index (Phi) is 6.82. The molecule has 2 aromatic carbocycles. The first-order valence-electron chi connectivity index (χ1n) is 11.6. The Morgan fingerprint density at radius 3 is 2.57 bits per heavy atom. The van der Waals surface area contributed by atoms with Crippen LogP contribution in [0.3, 0.4) is 0 Å². The number of aromatic amines is 1. The summed E-state index contributed by atoms with van der Waals surface area (Å²) in [6.07, 6.45) is 0. The second kappa shape index (κ2) is 10.3. The molecule has 1 fully saturated rings. The minimum absolute atomic E-state index is 0.0599. The minimum Gasteiger partial charge on any atom is -0.486 e. The monoisotopic (exact) mass is 482 g/mol. The number of nitrogens with one attached hydrogen (secondary N) is 2. The van der Waals surface area contributed by atoms with E-state index in [9.17, 15) is 14.0 Å². The lowest BCUT2D eigenvalue weighted by atomic mass is 10.1. The normalized spacial score (nSPS) is 15.7. The molecule has 2 aliphatic rings. The van der Waals surface area contributed by atoms with Gasteiger partial charge in [0.2, 0.25) is 0 Å². The highest BCUT2D eigenvalue weighted by molar-refractivity contribution is 5.89. The molecule has 1 saturated heterocycles. The Balaban J connectivity index is 1.40. The second-order valence-electron chi connectivity index (χ2n) is 8.49. The quantitative estimate of drug-likeness (QED) is 0.561. The smallest absolute Gasteiger partial charge is 0.322 e. The molecular formula is C25H27FN4O5. The van der Waals surface area contributed by atoms with Crippen LogP contribution < -0.4 is 20.3 Å². The van der Waals surface area contributed by atoms with E-state index in [1.807, 2.05) is 6.07 Å². The van der Waals surface area contributed by atoms with Crippen LogP contribution in [0, 0.1) is 5.82 Å². The maximum atomic E-state index is 14.2. The number of anilines is 1. The van der Waals surface area contributed by atoms with Crippen LogP contribution in [0.25, 0.3) is 10.9 Å². The molecule has 2 aliphatic heterocycles. The van der Waals surface area contributed by atoms with E-state index in [-0.39, 0.29) is 17.8 Å². The highest BCUT2D eigenvalue weighted by Gasteiger charge is 2.21. The first-order valence-corrected chi connectivity index (χ1v) is 11.6. The zero-order valence-electron chi connectivity index (χ0n) is 19.2. The topological polar surface area (TPSA) is 96.1 Å². The molecule has 0 radical (unpaired) electrons. The highest BCUT2D eigenvalue weighted by atomic mass is 19.1. The van der Waals surface area contributed by atoms with Gasteiger partial charge in [0.05, 0.1) is 31.0 Å². The third-order valence-electron chi connectivity index (χ3n) is 6.14. The Labute approximate surface area is 201 Å². The van der Waals surface area contributed by atoms with Gasteiger partial charge < -0.3 is 29.4 Å². The van der Waals surface area contributed by atoms with E-state index in [1.54, 1.807) is 24.3 Å². The number of aromatic nitrogens is 1. The number of hydrogen-bond donors (Lipinski definition) is 2. The van der Waals surface area contributed by atoms with Gasteiger partial charge >= 0.3 is 6.03 Å². The van der Waals surface area contributed by atoms with Gasteiger partial charge in [0.1, 0.15) is 19.0 Å². The Morgan fingerprint density at radius 1 is 1.06 bits per heavy atom. The van der Waals surface area contributed by atoms with E-state index >= 15 is 0 Å². The number of nitrogens with zero attached hydrogens (tertiary/aromatic N) is 2. The Hall–Kier alpha value is -3.63. The van der Waals surface area contributed by atoms with Crippen LogP contribution in [-0.4, -0.2) is 73.4 Å². The number of rotatable bonds is 6. The van der Waals surface area contributed by atoms with Crippen molar-refractivity contribution in [3.8, 4) is 11.5 Å². The van der Waals surface area contributed by atoms with Gasteiger partial charge in [-0.05, 0) is 24.3 Å². The fraction of sp³-hybridized carbons (Fsp3) is 0.360. The number of halogens is 1. The van der Waals surface area contributed by atoms with Crippen molar-refractivity contribution in [3.63, 3.8) is 0 Å². The standard InChI is InChI=1S/C25H27FN4O5/c26-19-3-1-2-4-20(19)28-25(32)30(6-5-29-7-9-33-10-8-29)16-18-13-17-14-22-23(35-12-11-34-22)15-21(17)27-24(18)31/h1-4,13-15H,5-12,16H2,(H,27,31)(H,28,32). The van der Waals surface area contributed by atoms with Crippen molar-refractivity contribution in [1.82, 2.24) is 14.8 Å². The lowest BCUT2D eigenvalue weighted by Crippen LogP contribution is -2.44. The van der Waals surface area contributed by atoms with Crippen molar-refractivity contribution in [1.29, 1.82) is 0 Å². The predicted molar refractivity (Wildman–Crippen MR) is 129 cm³/mol. The van der Waals surface area contributed by atoms with Gasteiger partial charge in [-0.2, -0.15) is 0 Å². The van der Waals surface area contributed by atoms with Gasteiger partial charge in [-0.15, -0.1) is 0 Å². The molecule has 0 bridgehead atoms. The zero-order valence-corrected chi connectivity index (χ0v) is 19.2. The molecule has 10 heteroatoms. The molecule has 9 nitrogen and oxygen atoms in total. The van der Waals surface area contributed by atoms with E-state index in [2.05, 4.69) is 15.2 Å². The fourth-order valence-electron chi connectivity index (χ4n) is 4.21. The van der Waals surface area contributed by atoms with E-state index in [4.69, 9.17) is 14.2 Å². The number of fused-ring (bicyclic) bond motifs is 2. The van der Waals surface area contributed by atoms with Gasteiger partial charge in [0.15, 0.2) is 11.5 Å². The van der Waals surface area contributed by atoms with Crippen LogP contribution in [-0.2, 0) is 11.3 Å². The molecule has 1 aromatic heterocycles. The second-order valence-corrected chi connectivity index (χ2v) is 8.49. The molecule has 35 heavy (non-hydrogen) atoms. The molecule has 0 aliphatic carbocycles. The molecule has 0 spiro atoms. The zero-order chi connectivity index (χ0) is 24.2. The van der Waals surface area contributed by atoms with Crippen LogP contribution in [0.15, 0.2) is 47.3 Å². The Bertz CT molecular complexity index is 1270. The fourth-order valence-corrected chi connectivity index (χ4v) is 4.21. The third-order valence-corrected chi connectivity index (χ3v) is 6.14. The van der Waals surface area contributed by atoms with Gasteiger partial charge in [0, 0.05) is 43.2 Å². The van der Waals surface area contributed by atoms with Gasteiger partial charge in [0.25, 0.3) is 5.56 Å². The summed E-state index contributed by atoms with van der Waals surface area (Å²) in [5.41, 5.74) is 0.827. The Morgan fingerprint density at radius 2 is 1.80 bits per heavy atom. The first-order chi connectivity index (χ1) is 17.1. The number of H-pyrrole nitrogens is 1. The summed E-state index contributed by atoms with van der Waals surface area (Å²) in [5, 5.41) is 3.41. The largest absolute Gasteiger partial charge is 0.486 e. The van der Waals surface area contributed by atoms with Gasteiger partial charge in [-0.25, -0.2) is 9.18 Å². The molecular weight excluding hydrogens is 455 g/mol. The lowest BCUT2D eigenvalue weighted by Gasteiger charge is -2.30. The number of urea groups is 1. The summed E-state index contributed by atoms with van der Waals surface area (Å²) in [6.45, 7) is 4.76. The van der Waals surface area contributed by atoms with E-state index < -0.39 is 11.8 Å². The number of hydrogen-bond acceptors (Lipinski definition) is 6. The van der Waals surface area contributed by atoms with Crippen molar-refractivity contribution in [2.24, 2.45) is 0 Å². The van der Waals surface area contributed by atoms with Crippen LogP contribution in [0.4, 0.5) is 14.9 Å². The number of para-hydroxylation sites is 1. The number of carbonyl (C=O) groups excluding carboxylic acids is 1. The summed E-state index contributed by atoms with van der Waals surface area (Å²) < 4.78 is 30.8. The number of amides is 2. The molecule has 0 saturated carbocycles. The average molecular weight is 483 g/mol. The summed E-state index contributed by atoms with van der Waals surface area (Å²) in [4.78, 5) is 32.7. The van der Waals surface area contributed by atoms with Gasteiger partial charge in [-0.1, -0.05) is 12.1 Å². The molecule has 0 atom stereocenters. The molecule has 0 unspecified atom stereocenters. The van der Waals surface area contributed by atoms with Crippen molar-refractivity contribution >= 4 is 22.6 Å². The number of pyridine rings is 1. The van der Waals surface area contributed by atoms with Crippen molar-refractivity contribution in [3.05, 3.63) is 64.2 Å². The van der Waals surface area contributed by atoms with E-state index in [0.29, 0.717) is 62.1 Å². The van der Waals surface area contributed by atoms with Crippen molar-refractivity contribution in [2.45, 2.75) is 6.54 Å². The molecule has 184 valence electrons. The number of ether oxygens (including phenoxy) is 3. The summed E-state index contributed by atoms with van der Waals surface area (Å²) in [7, 11) is 0. The van der Waals surface area contributed by atoms with E-state index in [0.717, 1.165) is 18.5 Å². The maximum Gasteiger partial charge on any atom is 0.322 e. The predicted octanol–water partition coefficient (Wildman–Crippen LogP) is 2.80. The van der Waals surface area contributed by atoms with Gasteiger partial charge in [-0.3, -0.25) is 9.69 Å². The van der Waals surface area contributed by atoms with Crippen LogP contribution in [0.2, 0.25) is 0 Å². The lowest BCUT2D eigenvalue weighted by molar-refractivity contribution is 0.0349. The summed E-state index contributed by atoms with van der Waals surface area (Å²) in [6, 6.07) is 10.8. The van der Waals surface area contributed by atoms with Crippen LogP contribution in [0.1, 0.15) is 5.56 Å². The molecule has 3 aromatic rings. The average Bonchev–Trinajstić information content (AvgIpc) is 2.87. The minimum atomic E-state index is -0.524. The molecule has 3 heterocycles. The van der Waals surface area contributed by atoms with E-state index in [1.165, 1.54) is 17.0 Å². The van der Waals surface area contributed by atoms with Crippen LogP contribution >= 0.6 is 0 Å². The first kappa shape index (κ1) is 23.1. The third kappa shape index (κ3) is 5.39. The SMILES string of the molecule is O=C(Nc1ccccc1F)N(CCN1CCOCC1)Cc1cc2cc3c(cc2[nH]c1=O)OCCO3. The summed E-state index contributed by atoms with van der Waals surface area (Å²) >= 11 is 0. The molecule has 2 amide bonds. The number of carbonyl (C=O) groups is 1. The summed E-state index contributed by atoms with van der Waals surface area (Å²) in [5.74, 6) is 0.677. The highest BCUT2D eigenvalue weighted by Crippen LogP contribution is 2.33. The van der Waals surface area contributed by atoms with Crippen molar-refractivity contribution < 1.29 is 23.4 Å². The van der Waals surface area contributed by atoms with Crippen LogP contribution in [0.5, 0.6) is 11.5 Å². The number of morpholine rings is 1. The number of benzene rings is 2. The molecule has 2 N–H and O–H groups in total. The van der Waals surface area contributed by atoms with Crippen molar-refractivity contribution in [2.75, 3.05) is 57.9 Å².